The van der Waals surface area contributed by atoms with Crippen molar-refractivity contribution in [3.05, 3.63) is 28.8 Å². The first-order valence-corrected chi connectivity index (χ1v) is 7.01. The van der Waals surface area contributed by atoms with Crippen LogP contribution in [0.5, 0.6) is 5.75 Å². The van der Waals surface area contributed by atoms with Gasteiger partial charge in [0.15, 0.2) is 17.4 Å². The number of aliphatic carboxylic acids is 1. The average Bonchev–Trinajstić information content (AvgIpc) is 2.92. The first-order valence-electron chi connectivity index (χ1n) is 7.01. The van der Waals surface area contributed by atoms with E-state index in [-0.39, 0.29) is 0 Å². The van der Waals surface area contributed by atoms with Gasteiger partial charge in [-0.2, -0.15) is 22.0 Å². The van der Waals surface area contributed by atoms with Crippen LogP contribution in [-0.2, 0) is 11.2 Å². The van der Waals surface area contributed by atoms with Gasteiger partial charge in [-0.25, -0.2) is 13.2 Å². The van der Waals surface area contributed by atoms with Crippen molar-refractivity contribution in [3.8, 4) is 5.75 Å². The molecule has 11 heteroatoms. The summed E-state index contributed by atoms with van der Waals surface area (Å²) in [6.07, 6.45) is -7.47. The zero-order chi connectivity index (χ0) is 20.5. The molecule has 0 aromatic heterocycles. The molecule has 1 N–H and O–H groups in total. The molecule has 0 radical (unpaired) electrons. The van der Waals surface area contributed by atoms with Gasteiger partial charge in [-0.3, -0.25) is 4.79 Å². The summed E-state index contributed by atoms with van der Waals surface area (Å²) in [4.78, 5) is 11.5. The van der Waals surface area contributed by atoms with Crippen molar-refractivity contribution >= 4 is 5.97 Å². The summed E-state index contributed by atoms with van der Waals surface area (Å²) in [7, 11) is 0.680. The summed E-state index contributed by atoms with van der Waals surface area (Å²) < 4.78 is 114. The number of rotatable bonds is 4. The van der Waals surface area contributed by atoms with Crippen LogP contribution in [0.1, 0.15) is 19.4 Å². The number of alkyl halides is 4. The van der Waals surface area contributed by atoms with Crippen LogP contribution in [-0.4, -0.2) is 30.0 Å². The minimum absolute atomic E-state index is 0.598. The smallest absolute Gasteiger partial charge is 0.424 e. The first kappa shape index (κ1) is 20.2. The van der Waals surface area contributed by atoms with Crippen LogP contribution in [0.4, 0.5) is 35.1 Å². The van der Waals surface area contributed by atoms with E-state index in [4.69, 9.17) is 0 Å². The van der Waals surface area contributed by atoms with E-state index in [1.165, 1.54) is 0 Å². The topological polar surface area (TPSA) is 46.5 Å². The Hall–Kier alpha value is -2.07. The van der Waals surface area contributed by atoms with Crippen molar-refractivity contribution in [2.75, 3.05) is 7.11 Å². The molecule has 1 fully saturated rings. The molecule has 2 atom stereocenters. The second-order valence-electron chi connectivity index (χ2n) is 6.44. The van der Waals surface area contributed by atoms with Crippen molar-refractivity contribution in [1.29, 1.82) is 0 Å². The molecular weight excluding hydrogens is 380 g/mol. The van der Waals surface area contributed by atoms with Gasteiger partial charge in [-0.15, -0.1) is 0 Å². The van der Waals surface area contributed by atoms with E-state index >= 15 is 0 Å². The van der Waals surface area contributed by atoms with Crippen LogP contribution in [0, 0.1) is 34.1 Å². The molecule has 1 aliphatic carbocycles. The van der Waals surface area contributed by atoms with E-state index in [1.807, 2.05) is 0 Å². The van der Waals surface area contributed by atoms with E-state index in [0.29, 0.717) is 21.0 Å². The van der Waals surface area contributed by atoms with Crippen LogP contribution in [0.2, 0.25) is 0 Å². The fourth-order valence-electron chi connectivity index (χ4n) is 3.60. The highest BCUT2D eigenvalue weighted by atomic mass is 19.4. The number of carboxylic acids is 1. The molecule has 0 heterocycles. The van der Waals surface area contributed by atoms with Crippen LogP contribution < -0.4 is 4.74 Å². The van der Waals surface area contributed by atoms with E-state index in [0.717, 1.165) is 0 Å². The maximum atomic E-state index is 14.7. The van der Waals surface area contributed by atoms with Crippen molar-refractivity contribution in [3.63, 3.8) is 0 Å². The first-order chi connectivity index (χ1) is 11.6. The number of benzene rings is 1. The fourth-order valence-corrected chi connectivity index (χ4v) is 3.60. The quantitative estimate of drug-likeness (QED) is 0.618. The monoisotopic (exact) mass is 392 g/mol. The molecule has 0 saturated heterocycles. The summed E-state index contributed by atoms with van der Waals surface area (Å²) in [6.45, 7) is 1.20. The van der Waals surface area contributed by atoms with Gasteiger partial charge in [0.05, 0.1) is 7.11 Å². The number of hydrogen-bond acceptors (Lipinski definition) is 2. The molecule has 2 unspecified atom stereocenters. The van der Waals surface area contributed by atoms with Gasteiger partial charge in [0, 0.05) is 11.0 Å². The number of carboxylic acid groups (broad SMARTS) is 1. The predicted molar refractivity (Wildman–Crippen MR) is 70.3 cm³/mol. The summed E-state index contributed by atoms with van der Waals surface area (Å²) in [5.41, 5.74) is -12.1. The SMILES string of the molecule is COc1c(F)c(F)c(CC2(C(=O)O)C(C)(C)C2(F)C(F)(F)F)c(F)c1F. The van der Waals surface area contributed by atoms with Gasteiger partial charge in [0.25, 0.3) is 0 Å². The minimum Gasteiger partial charge on any atom is -0.491 e. The van der Waals surface area contributed by atoms with Crippen molar-refractivity contribution in [2.24, 2.45) is 10.8 Å². The third-order valence-corrected chi connectivity index (χ3v) is 5.17. The molecule has 146 valence electrons. The second-order valence-corrected chi connectivity index (χ2v) is 6.44. The summed E-state index contributed by atoms with van der Waals surface area (Å²) in [5.74, 6) is -12.3. The molecule has 0 spiro atoms. The Morgan fingerprint density at radius 1 is 1.04 bits per heavy atom. The third kappa shape index (κ3) is 2.02. The van der Waals surface area contributed by atoms with E-state index in [1.54, 1.807) is 0 Å². The Morgan fingerprint density at radius 2 is 1.46 bits per heavy atom. The number of halogens is 8. The standard InChI is InChI=1S/C15H12F8O3/c1-12(2)13(11(24)25,14(12,20)15(21,22)23)4-5-6(16)8(18)10(26-3)9(19)7(5)17/h4H2,1-3H3,(H,24,25). The zero-order valence-electron chi connectivity index (χ0n) is 13.5. The number of hydrogen-bond donors (Lipinski definition) is 1. The Bertz CT molecular complexity index is 759. The Kier molecular flexibility index (Phi) is 4.25. The summed E-state index contributed by atoms with van der Waals surface area (Å²) in [6, 6.07) is 0. The highest BCUT2D eigenvalue weighted by Crippen LogP contribution is 2.80. The van der Waals surface area contributed by atoms with Crippen LogP contribution in [0.3, 0.4) is 0 Å². The molecule has 0 aliphatic heterocycles. The molecule has 0 amide bonds. The summed E-state index contributed by atoms with van der Waals surface area (Å²) in [5, 5.41) is 9.22. The Morgan fingerprint density at radius 3 is 1.73 bits per heavy atom. The molecule has 1 aromatic carbocycles. The van der Waals surface area contributed by atoms with Crippen molar-refractivity contribution < 1.29 is 49.8 Å². The van der Waals surface area contributed by atoms with Gasteiger partial charge in [-0.1, -0.05) is 13.8 Å². The highest BCUT2D eigenvalue weighted by molar-refractivity contribution is 5.84. The molecule has 1 saturated carbocycles. The van der Waals surface area contributed by atoms with Crippen molar-refractivity contribution in [2.45, 2.75) is 32.1 Å². The Balaban J connectivity index is 2.73. The molecule has 1 aliphatic rings. The maximum absolute atomic E-state index is 14.7. The lowest BCUT2D eigenvalue weighted by Crippen LogP contribution is -2.38. The number of carbonyl (C=O) groups is 1. The predicted octanol–water partition coefficient (Wildman–Crippen LogP) is 4.18. The fraction of sp³-hybridized carbons (Fsp3) is 0.533. The van der Waals surface area contributed by atoms with Gasteiger partial charge >= 0.3 is 12.1 Å². The lowest BCUT2D eigenvalue weighted by Gasteiger charge is -2.19. The highest BCUT2D eigenvalue weighted by Gasteiger charge is 2.97. The molecule has 3 nitrogen and oxygen atoms in total. The van der Waals surface area contributed by atoms with Gasteiger partial charge < -0.3 is 9.84 Å². The Labute approximate surface area is 141 Å². The van der Waals surface area contributed by atoms with Gasteiger partial charge in [0.1, 0.15) is 5.41 Å². The average molecular weight is 392 g/mol. The van der Waals surface area contributed by atoms with Gasteiger partial charge in [-0.05, 0) is 6.42 Å². The largest absolute Gasteiger partial charge is 0.491 e. The normalized spacial score (nSPS) is 27.3. The van der Waals surface area contributed by atoms with Crippen LogP contribution in [0.25, 0.3) is 0 Å². The summed E-state index contributed by atoms with van der Waals surface area (Å²) >= 11 is 0. The lowest BCUT2D eigenvalue weighted by molar-refractivity contribution is -0.214. The lowest BCUT2D eigenvalue weighted by atomic mass is 9.87. The minimum atomic E-state index is -5.70. The molecule has 0 bridgehead atoms. The zero-order valence-corrected chi connectivity index (χ0v) is 13.5. The van der Waals surface area contributed by atoms with Gasteiger partial charge in [0.2, 0.25) is 17.3 Å². The van der Waals surface area contributed by atoms with Crippen LogP contribution >= 0.6 is 0 Å². The third-order valence-electron chi connectivity index (χ3n) is 5.17. The maximum Gasteiger partial charge on any atom is 0.424 e. The van der Waals surface area contributed by atoms with E-state index in [2.05, 4.69) is 4.74 Å². The molecular formula is C15H12F8O3. The second kappa shape index (κ2) is 5.46. The van der Waals surface area contributed by atoms with E-state index < -0.39 is 69.6 Å². The molecule has 1 aromatic rings. The molecule has 2 rings (SSSR count). The van der Waals surface area contributed by atoms with Crippen LogP contribution in [0.15, 0.2) is 0 Å². The number of methoxy groups -OCH3 is 1. The van der Waals surface area contributed by atoms with E-state index in [9.17, 15) is 45.0 Å². The number of ether oxygens (including phenoxy) is 1. The van der Waals surface area contributed by atoms with Crippen molar-refractivity contribution in [1.82, 2.24) is 0 Å². The molecule has 26 heavy (non-hydrogen) atoms.